The van der Waals surface area contributed by atoms with Gasteiger partial charge in [0.2, 0.25) is 0 Å². The van der Waals surface area contributed by atoms with Crippen molar-refractivity contribution in [2.45, 2.75) is 26.7 Å². The van der Waals surface area contributed by atoms with Crippen LogP contribution in [0.5, 0.6) is 11.5 Å². The predicted octanol–water partition coefficient (Wildman–Crippen LogP) is 2.17. The predicted molar refractivity (Wildman–Crippen MR) is 56.3 cm³/mol. The fourth-order valence-corrected chi connectivity index (χ4v) is 1.12. The summed E-state index contributed by atoms with van der Waals surface area (Å²) in [4.78, 5) is 14.8. The third kappa shape index (κ3) is 3.23. The summed E-state index contributed by atoms with van der Waals surface area (Å²) < 4.78 is 5.33. The van der Waals surface area contributed by atoms with E-state index < -0.39 is 0 Å². The van der Waals surface area contributed by atoms with Crippen LogP contribution in [0.2, 0.25) is 0 Å². The molecule has 0 radical (unpaired) electrons. The average molecular weight is 209 g/mol. The summed E-state index contributed by atoms with van der Waals surface area (Å²) in [5.41, 5.74) is 0.0813. The van der Waals surface area contributed by atoms with Gasteiger partial charge in [-0.15, -0.1) is 0 Å². The molecule has 0 fully saturated rings. The van der Waals surface area contributed by atoms with Crippen LogP contribution in [0.4, 0.5) is 0 Å². The van der Waals surface area contributed by atoms with Crippen molar-refractivity contribution >= 4 is 5.78 Å². The lowest BCUT2D eigenvalue weighted by molar-refractivity contribution is 0.101. The third-order valence-corrected chi connectivity index (χ3v) is 1.94. The lowest BCUT2D eigenvalue weighted by Crippen LogP contribution is -2.00. The molecule has 0 unspecified atom stereocenters. The van der Waals surface area contributed by atoms with Gasteiger partial charge in [0.05, 0.1) is 12.8 Å². The number of ether oxygens (including phenoxy) is 1. The highest BCUT2D eigenvalue weighted by Gasteiger charge is 2.08. The minimum atomic E-state index is -0.257. The number of nitrogens with zero attached hydrogens (tertiary/aromatic N) is 1. The minimum Gasteiger partial charge on any atom is -0.505 e. The summed E-state index contributed by atoms with van der Waals surface area (Å²) in [5.74, 6) is 0.107. The van der Waals surface area contributed by atoms with Crippen LogP contribution in [0.1, 0.15) is 37.2 Å². The zero-order chi connectivity index (χ0) is 11.3. The van der Waals surface area contributed by atoms with Crippen molar-refractivity contribution in [3.05, 3.63) is 18.0 Å². The number of pyridine rings is 1. The molecule has 0 atom stereocenters. The van der Waals surface area contributed by atoms with Crippen LogP contribution in [0, 0.1) is 0 Å². The van der Waals surface area contributed by atoms with Gasteiger partial charge in [-0.2, -0.15) is 0 Å². The number of ketones is 1. The summed E-state index contributed by atoms with van der Waals surface area (Å²) in [6, 6.07) is 1.42. The second-order valence-corrected chi connectivity index (χ2v) is 3.30. The number of rotatable bonds is 5. The van der Waals surface area contributed by atoms with Crippen molar-refractivity contribution in [1.82, 2.24) is 4.98 Å². The molecule has 0 aliphatic heterocycles. The smallest absolute Gasteiger partial charge is 0.181 e. The Balaban J connectivity index is 2.69. The number of carbonyl (C=O) groups excluding carboxylic acids is 1. The summed E-state index contributed by atoms with van der Waals surface area (Å²) in [7, 11) is 0. The van der Waals surface area contributed by atoms with Crippen LogP contribution in [-0.4, -0.2) is 22.5 Å². The van der Waals surface area contributed by atoms with E-state index in [4.69, 9.17) is 4.74 Å². The van der Waals surface area contributed by atoms with Gasteiger partial charge < -0.3 is 9.84 Å². The van der Waals surface area contributed by atoms with E-state index in [-0.39, 0.29) is 17.2 Å². The maximum Gasteiger partial charge on any atom is 0.181 e. The Bertz CT molecular complexity index is 350. The first-order valence-electron chi connectivity index (χ1n) is 4.98. The van der Waals surface area contributed by atoms with Gasteiger partial charge in [-0.3, -0.25) is 4.79 Å². The number of carbonyl (C=O) groups is 1. The number of aromatic nitrogens is 1. The normalized spacial score (nSPS) is 10.0. The number of hydrogen-bond donors (Lipinski definition) is 1. The van der Waals surface area contributed by atoms with Crippen LogP contribution >= 0.6 is 0 Å². The first kappa shape index (κ1) is 11.5. The van der Waals surface area contributed by atoms with Crippen LogP contribution in [0.3, 0.4) is 0 Å². The van der Waals surface area contributed by atoms with Crippen molar-refractivity contribution < 1.29 is 14.6 Å². The van der Waals surface area contributed by atoms with Crippen molar-refractivity contribution in [2.24, 2.45) is 0 Å². The molecule has 1 rings (SSSR count). The zero-order valence-electron chi connectivity index (χ0n) is 8.99. The molecule has 82 valence electrons. The Morgan fingerprint density at radius 1 is 1.60 bits per heavy atom. The monoisotopic (exact) mass is 209 g/mol. The summed E-state index contributed by atoms with van der Waals surface area (Å²) >= 11 is 0. The van der Waals surface area contributed by atoms with E-state index in [9.17, 15) is 9.90 Å². The molecule has 0 saturated carbocycles. The summed E-state index contributed by atoms with van der Waals surface area (Å²) in [6.45, 7) is 4.02. The van der Waals surface area contributed by atoms with Crippen molar-refractivity contribution in [1.29, 1.82) is 0 Å². The zero-order valence-corrected chi connectivity index (χ0v) is 8.99. The molecule has 1 aromatic rings. The molecule has 0 bridgehead atoms. The highest BCUT2D eigenvalue weighted by molar-refractivity contribution is 5.94. The van der Waals surface area contributed by atoms with Gasteiger partial charge in [0.1, 0.15) is 17.2 Å². The summed E-state index contributed by atoms with van der Waals surface area (Å²) in [6.07, 6.45) is 3.45. The molecule has 1 aromatic heterocycles. The molecule has 1 N–H and O–H groups in total. The molecule has 0 saturated heterocycles. The number of Topliss-reactive ketones (excluding diaryl/α,β-unsaturated/α-hetero) is 1. The molecular weight excluding hydrogens is 194 g/mol. The molecule has 0 aromatic carbocycles. The Kier molecular flexibility index (Phi) is 4.09. The maximum atomic E-state index is 11.0. The van der Waals surface area contributed by atoms with E-state index in [1.54, 1.807) is 0 Å². The Hall–Kier alpha value is -1.58. The molecular formula is C11H15NO3. The Labute approximate surface area is 88.9 Å². The highest BCUT2D eigenvalue weighted by Crippen LogP contribution is 2.21. The molecule has 4 nitrogen and oxygen atoms in total. The number of hydrogen-bond acceptors (Lipinski definition) is 4. The van der Waals surface area contributed by atoms with Gasteiger partial charge >= 0.3 is 0 Å². The fraction of sp³-hybridized carbons (Fsp3) is 0.455. The van der Waals surface area contributed by atoms with Gasteiger partial charge in [0.25, 0.3) is 0 Å². The van der Waals surface area contributed by atoms with Crippen molar-refractivity contribution in [2.75, 3.05) is 6.61 Å². The molecule has 0 amide bonds. The van der Waals surface area contributed by atoms with Gasteiger partial charge in [-0.1, -0.05) is 13.3 Å². The van der Waals surface area contributed by atoms with E-state index in [1.807, 2.05) is 0 Å². The second-order valence-electron chi connectivity index (χ2n) is 3.30. The first-order chi connectivity index (χ1) is 7.15. The van der Waals surface area contributed by atoms with Crippen LogP contribution in [-0.2, 0) is 0 Å². The fourth-order valence-electron chi connectivity index (χ4n) is 1.12. The maximum absolute atomic E-state index is 11.0. The minimum absolute atomic E-state index is 0.0813. The van der Waals surface area contributed by atoms with E-state index >= 15 is 0 Å². The van der Waals surface area contributed by atoms with E-state index in [0.29, 0.717) is 12.4 Å². The number of aromatic hydroxyl groups is 1. The van der Waals surface area contributed by atoms with Crippen molar-refractivity contribution in [3.63, 3.8) is 0 Å². The SMILES string of the molecule is CCCCOc1cnc(C(C)=O)c(O)c1. The summed E-state index contributed by atoms with van der Waals surface area (Å²) in [5, 5.41) is 9.45. The first-order valence-corrected chi connectivity index (χ1v) is 4.98. The lowest BCUT2D eigenvalue weighted by Gasteiger charge is -2.06. The van der Waals surface area contributed by atoms with E-state index in [0.717, 1.165) is 12.8 Å². The largest absolute Gasteiger partial charge is 0.505 e. The molecule has 0 spiro atoms. The van der Waals surface area contributed by atoms with E-state index in [2.05, 4.69) is 11.9 Å². The van der Waals surface area contributed by atoms with Crippen LogP contribution in [0.15, 0.2) is 12.3 Å². The molecule has 1 heterocycles. The quantitative estimate of drug-likeness (QED) is 0.596. The van der Waals surface area contributed by atoms with Gasteiger partial charge in [0, 0.05) is 13.0 Å². The molecule has 0 aliphatic rings. The molecule has 0 aliphatic carbocycles. The average Bonchev–Trinajstić information content (AvgIpc) is 2.17. The third-order valence-electron chi connectivity index (χ3n) is 1.94. The Morgan fingerprint density at radius 3 is 2.87 bits per heavy atom. The molecule has 4 heteroatoms. The molecule has 15 heavy (non-hydrogen) atoms. The van der Waals surface area contributed by atoms with Gasteiger partial charge in [-0.25, -0.2) is 4.98 Å². The Morgan fingerprint density at radius 2 is 2.33 bits per heavy atom. The van der Waals surface area contributed by atoms with Crippen LogP contribution in [0.25, 0.3) is 0 Å². The highest BCUT2D eigenvalue weighted by atomic mass is 16.5. The van der Waals surface area contributed by atoms with E-state index in [1.165, 1.54) is 19.2 Å². The van der Waals surface area contributed by atoms with Gasteiger partial charge in [-0.05, 0) is 6.42 Å². The van der Waals surface area contributed by atoms with Gasteiger partial charge in [0.15, 0.2) is 5.78 Å². The topological polar surface area (TPSA) is 59.4 Å². The van der Waals surface area contributed by atoms with Crippen molar-refractivity contribution in [3.8, 4) is 11.5 Å². The standard InChI is InChI=1S/C11H15NO3/c1-3-4-5-15-9-6-10(14)11(8(2)13)12-7-9/h6-7,14H,3-5H2,1-2H3. The second kappa shape index (κ2) is 5.34. The van der Waals surface area contributed by atoms with Crippen LogP contribution < -0.4 is 4.74 Å². The number of unbranched alkanes of at least 4 members (excludes halogenated alkanes) is 1. The lowest BCUT2D eigenvalue weighted by atomic mass is 10.2.